The van der Waals surface area contributed by atoms with Crippen LogP contribution in [0.5, 0.6) is 11.5 Å². The predicted molar refractivity (Wildman–Crippen MR) is 126 cm³/mol. The molecule has 0 saturated heterocycles. The summed E-state index contributed by atoms with van der Waals surface area (Å²) < 4.78 is 39.2. The molecule has 6 nitrogen and oxygen atoms in total. The van der Waals surface area contributed by atoms with E-state index in [9.17, 15) is 13.5 Å². The number of benzene rings is 2. The van der Waals surface area contributed by atoms with E-state index in [0.717, 1.165) is 35.5 Å². The maximum atomic E-state index is 13.6. The molecule has 0 aliphatic heterocycles. The van der Waals surface area contributed by atoms with Gasteiger partial charge in [0.15, 0.2) is 0 Å². The molecular weight excluding hydrogens is 426 g/mol. The second-order valence-corrected chi connectivity index (χ2v) is 11.8. The summed E-state index contributed by atoms with van der Waals surface area (Å²) in [7, 11) is -0.571. The monoisotopic (exact) mass is 461 g/mol. The molecule has 0 heterocycles. The van der Waals surface area contributed by atoms with Crippen LogP contribution < -0.4 is 9.47 Å². The molecule has 1 saturated carbocycles. The van der Waals surface area contributed by atoms with Gasteiger partial charge in [0.25, 0.3) is 0 Å². The molecule has 3 rings (SSSR count). The standard InChI is InChI=1S/C25H35NO5S/c1-18(24(27)21-14-25(2,3)15-21)32(28,29)26(16-19-6-10-22(30-4)11-7-19)17-20-8-12-23(31-5)13-9-20/h6-13,18,21,24,27H,14-17H2,1-5H3/t18-,24+/m0/s1. The van der Waals surface area contributed by atoms with Crippen molar-refractivity contribution in [2.75, 3.05) is 14.2 Å². The molecule has 1 N–H and O–H groups in total. The lowest BCUT2D eigenvalue weighted by atomic mass is 9.62. The summed E-state index contributed by atoms with van der Waals surface area (Å²) in [6.45, 7) is 6.35. The van der Waals surface area contributed by atoms with E-state index in [1.165, 1.54) is 4.31 Å². The Hall–Kier alpha value is -2.09. The minimum absolute atomic E-state index is 0.0126. The van der Waals surface area contributed by atoms with Crippen molar-refractivity contribution in [2.45, 2.75) is 58.1 Å². The van der Waals surface area contributed by atoms with Crippen LogP contribution in [-0.4, -0.2) is 43.4 Å². The van der Waals surface area contributed by atoms with Crippen LogP contribution in [0.15, 0.2) is 48.5 Å². The van der Waals surface area contributed by atoms with E-state index in [-0.39, 0.29) is 24.4 Å². The molecule has 0 radical (unpaired) electrons. The third-order valence-corrected chi connectivity index (χ3v) is 8.66. The average molecular weight is 462 g/mol. The van der Waals surface area contributed by atoms with Crippen LogP contribution in [0.25, 0.3) is 0 Å². The van der Waals surface area contributed by atoms with E-state index in [1.54, 1.807) is 21.1 Å². The molecule has 2 aromatic carbocycles. The first kappa shape index (κ1) is 24.6. The van der Waals surface area contributed by atoms with Gasteiger partial charge in [-0.05, 0) is 66.5 Å². The van der Waals surface area contributed by atoms with Gasteiger partial charge in [0, 0.05) is 13.1 Å². The molecule has 2 aromatic rings. The molecule has 2 atom stereocenters. The molecule has 1 aliphatic carbocycles. The Labute approximate surface area is 192 Å². The number of aliphatic hydroxyl groups is 1. The number of hydrogen-bond donors (Lipinski definition) is 1. The Morgan fingerprint density at radius 3 is 1.69 bits per heavy atom. The average Bonchev–Trinajstić information content (AvgIpc) is 2.76. The van der Waals surface area contributed by atoms with Gasteiger partial charge in [0.1, 0.15) is 11.5 Å². The number of rotatable bonds is 10. The van der Waals surface area contributed by atoms with Crippen molar-refractivity contribution in [3.05, 3.63) is 59.7 Å². The Morgan fingerprint density at radius 2 is 1.34 bits per heavy atom. The number of ether oxygens (including phenoxy) is 2. The summed E-state index contributed by atoms with van der Waals surface area (Å²) in [6, 6.07) is 14.8. The second kappa shape index (κ2) is 9.81. The van der Waals surface area contributed by atoms with Gasteiger partial charge in [-0.1, -0.05) is 38.1 Å². The van der Waals surface area contributed by atoms with E-state index < -0.39 is 21.4 Å². The quantitative estimate of drug-likeness (QED) is 0.573. The fraction of sp³-hybridized carbons (Fsp3) is 0.520. The van der Waals surface area contributed by atoms with Gasteiger partial charge in [-0.2, -0.15) is 4.31 Å². The van der Waals surface area contributed by atoms with Crippen molar-refractivity contribution in [1.29, 1.82) is 0 Å². The topological polar surface area (TPSA) is 76.1 Å². The molecule has 7 heteroatoms. The van der Waals surface area contributed by atoms with Crippen LogP contribution in [0.2, 0.25) is 0 Å². The van der Waals surface area contributed by atoms with Gasteiger partial charge >= 0.3 is 0 Å². The van der Waals surface area contributed by atoms with Gasteiger partial charge in [-0.3, -0.25) is 0 Å². The van der Waals surface area contributed by atoms with Crippen LogP contribution in [-0.2, 0) is 23.1 Å². The summed E-state index contributed by atoms with van der Waals surface area (Å²) in [5.41, 5.74) is 1.88. The first-order valence-corrected chi connectivity index (χ1v) is 12.5. The summed E-state index contributed by atoms with van der Waals surface area (Å²) in [5, 5.41) is 10.00. The number of aliphatic hydroxyl groups excluding tert-OH is 1. The van der Waals surface area contributed by atoms with Gasteiger partial charge in [-0.15, -0.1) is 0 Å². The molecule has 0 bridgehead atoms. The van der Waals surface area contributed by atoms with Crippen LogP contribution in [0.4, 0.5) is 0 Å². The SMILES string of the molecule is COc1ccc(CN(Cc2ccc(OC)cc2)S(=O)(=O)[C@@H](C)[C@@H](O)C2CC(C)(C)C2)cc1. The number of methoxy groups -OCH3 is 2. The van der Waals surface area contributed by atoms with Gasteiger partial charge < -0.3 is 14.6 Å². The number of sulfonamides is 1. The highest BCUT2D eigenvalue weighted by atomic mass is 32.2. The Morgan fingerprint density at radius 1 is 0.938 bits per heavy atom. The summed E-state index contributed by atoms with van der Waals surface area (Å²) in [4.78, 5) is 0. The first-order chi connectivity index (χ1) is 15.1. The third-order valence-electron chi connectivity index (χ3n) is 6.46. The Balaban J connectivity index is 1.84. The Kier molecular flexibility index (Phi) is 7.53. The minimum Gasteiger partial charge on any atom is -0.497 e. The van der Waals surface area contributed by atoms with Crippen molar-refractivity contribution in [3.63, 3.8) is 0 Å². The largest absolute Gasteiger partial charge is 0.497 e. The van der Waals surface area contributed by atoms with Gasteiger partial charge in [0.2, 0.25) is 10.0 Å². The van der Waals surface area contributed by atoms with Crippen molar-refractivity contribution in [2.24, 2.45) is 11.3 Å². The summed E-state index contributed by atoms with van der Waals surface area (Å²) >= 11 is 0. The highest BCUT2D eigenvalue weighted by Crippen LogP contribution is 2.47. The van der Waals surface area contributed by atoms with Crippen LogP contribution >= 0.6 is 0 Å². The normalized spacial score (nSPS) is 18.1. The van der Waals surface area contributed by atoms with Crippen molar-refractivity contribution >= 4 is 10.0 Å². The minimum atomic E-state index is -3.77. The highest BCUT2D eigenvalue weighted by Gasteiger charge is 2.45. The summed E-state index contributed by atoms with van der Waals surface area (Å²) in [6.07, 6.45) is 0.790. The lowest BCUT2D eigenvalue weighted by molar-refractivity contribution is -0.0136. The Bertz CT molecular complexity index is 928. The zero-order valence-electron chi connectivity index (χ0n) is 19.6. The number of nitrogens with zero attached hydrogens (tertiary/aromatic N) is 1. The molecule has 176 valence electrons. The second-order valence-electron chi connectivity index (χ2n) is 9.54. The van der Waals surface area contributed by atoms with E-state index in [0.29, 0.717) is 0 Å². The molecule has 0 unspecified atom stereocenters. The van der Waals surface area contributed by atoms with E-state index >= 15 is 0 Å². The molecule has 0 spiro atoms. The van der Waals surface area contributed by atoms with Crippen molar-refractivity contribution in [3.8, 4) is 11.5 Å². The maximum absolute atomic E-state index is 13.6. The molecule has 32 heavy (non-hydrogen) atoms. The van der Waals surface area contributed by atoms with Gasteiger partial charge in [-0.25, -0.2) is 8.42 Å². The zero-order valence-corrected chi connectivity index (χ0v) is 20.4. The van der Waals surface area contributed by atoms with E-state index in [1.807, 2.05) is 48.5 Å². The molecule has 0 aromatic heterocycles. The lowest BCUT2D eigenvalue weighted by Crippen LogP contribution is -2.49. The van der Waals surface area contributed by atoms with Crippen molar-refractivity contribution in [1.82, 2.24) is 4.31 Å². The van der Waals surface area contributed by atoms with Crippen LogP contribution in [0.3, 0.4) is 0 Å². The van der Waals surface area contributed by atoms with E-state index in [2.05, 4.69) is 13.8 Å². The van der Waals surface area contributed by atoms with Crippen LogP contribution in [0, 0.1) is 11.3 Å². The maximum Gasteiger partial charge on any atom is 0.219 e. The van der Waals surface area contributed by atoms with Crippen molar-refractivity contribution < 1.29 is 23.0 Å². The highest BCUT2D eigenvalue weighted by molar-refractivity contribution is 7.89. The van der Waals surface area contributed by atoms with E-state index in [4.69, 9.17) is 9.47 Å². The zero-order chi connectivity index (χ0) is 23.5. The third kappa shape index (κ3) is 5.63. The lowest BCUT2D eigenvalue weighted by Gasteiger charge is -2.46. The molecule has 1 fully saturated rings. The van der Waals surface area contributed by atoms with Gasteiger partial charge in [0.05, 0.1) is 25.6 Å². The fourth-order valence-corrected chi connectivity index (χ4v) is 6.20. The molecule has 1 aliphatic rings. The van der Waals surface area contributed by atoms with Crippen LogP contribution in [0.1, 0.15) is 44.7 Å². The smallest absolute Gasteiger partial charge is 0.219 e. The first-order valence-electron chi connectivity index (χ1n) is 11.0. The number of hydrogen-bond acceptors (Lipinski definition) is 5. The summed E-state index contributed by atoms with van der Waals surface area (Å²) in [5.74, 6) is 1.45. The molecule has 0 amide bonds. The fourth-order valence-electron chi connectivity index (χ4n) is 4.50. The molecular formula is C25H35NO5S. The predicted octanol–water partition coefficient (Wildman–Crippen LogP) is 4.22.